The van der Waals surface area contributed by atoms with Gasteiger partial charge in [0.2, 0.25) is 0 Å². The van der Waals surface area contributed by atoms with Crippen LogP contribution in [0.2, 0.25) is 0 Å². The highest BCUT2D eigenvalue weighted by Gasteiger charge is 2.22. The SMILES string of the molecule is C[C@H](NC(=O)N1CCc2ccccc2C1)C(=O)O. The van der Waals surface area contributed by atoms with E-state index in [4.69, 9.17) is 5.11 Å². The van der Waals surface area contributed by atoms with Crippen LogP contribution >= 0.6 is 0 Å². The summed E-state index contributed by atoms with van der Waals surface area (Å²) in [5.41, 5.74) is 2.38. The molecule has 0 saturated heterocycles. The molecule has 0 bridgehead atoms. The minimum absolute atomic E-state index is 0.320. The second kappa shape index (κ2) is 5.08. The van der Waals surface area contributed by atoms with E-state index >= 15 is 0 Å². The average Bonchev–Trinajstić information content (AvgIpc) is 2.37. The molecule has 96 valence electrons. The molecule has 0 fully saturated rings. The van der Waals surface area contributed by atoms with Crippen molar-refractivity contribution in [3.05, 3.63) is 35.4 Å². The number of carboxylic acid groups (broad SMARTS) is 1. The summed E-state index contributed by atoms with van der Waals surface area (Å²) >= 11 is 0. The van der Waals surface area contributed by atoms with Crippen LogP contribution in [0.5, 0.6) is 0 Å². The highest BCUT2D eigenvalue weighted by atomic mass is 16.4. The quantitative estimate of drug-likeness (QED) is 0.827. The van der Waals surface area contributed by atoms with Gasteiger partial charge in [0.15, 0.2) is 0 Å². The number of aliphatic carboxylic acids is 1. The van der Waals surface area contributed by atoms with E-state index in [9.17, 15) is 9.59 Å². The van der Waals surface area contributed by atoms with E-state index < -0.39 is 12.0 Å². The number of rotatable bonds is 2. The van der Waals surface area contributed by atoms with Gasteiger partial charge >= 0.3 is 12.0 Å². The maximum absolute atomic E-state index is 11.9. The summed E-state index contributed by atoms with van der Waals surface area (Å²) in [5, 5.41) is 11.2. The molecule has 18 heavy (non-hydrogen) atoms. The number of benzene rings is 1. The van der Waals surface area contributed by atoms with Gasteiger partial charge in [-0.2, -0.15) is 0 Å². The van der Waals surface area contributed by atoms with Crippen LogP contribution in [-0.4, -0.2) is 34.6 Å². The molecule has 1 heterocycles. The number of fused-ring (bicyclic) bond motifs is 1. The molecular weight excluding hydrogens is 232 g/mol. The average molecular weight is 248 g/mol. The Morgan fingerprint density at radius 1 is 1.33 bits per heavy atom. The van der Waals surface area contributed by atoms with E-state index in [0.717, 1.165) is 12.0 Å². The van der Waals surface area contributed by atoms with E-state index in [0.29, 0.717) is 13.1 Å². The van der Waals surface area contributed by atoms with Crippen molar-refractivity contribution in [2.75, 3.05) is 6.54 Å². The third-order valence-corrected chi connectivity index (χ3v) is 3.13. The van der Waals surface area contributed by atoms with Gasteiger partial charge in [-0.1, -0.05) is 24.3 Å². The highest BCUT2D eigenvalue weighted by Crippen LogP contribution is 2.18. The molecule has 0 aromatic heterocycles. The molecule has 5 nitrogen and oxygen atoms in total. The molecule has 1 aliphatic heterocycles. The fraction of sp³-hybridized carbons (Fsp3) is 0.385. The summed E-state index contributed by atoms with van der Waals surface area (Å²) < 4.78 is 0. The molecule has 0 radical (unpaired) electrons. The number of hydrogen-bond acceptors (Lipinski definition) is 2. The maximum Gasteiger partial charge on any atom is 0.325 e. The molecule has 1 aliphatic rings. The van der Waals surface area contributed by atoms with Gasteiger partial charge in [0.05, 0.1) is 0 Å². The van der Waals surface area contributed by atoms with Crippen LogP contribution in [0.4, 0.5) is 4.79 Å². The summed E-state index contributed by atoms with van der Waals surface area (Å²) in [7, 11) is 0. The van der Waals surface area contributed by atoms with Gasteiger partial charge in [0.1, 0.15) is 6.04 Å². The van der Waals surface area contributed by atoms with E-state index in [2.05, 4.69) is 11.4 Å². The number of carbonyl (C=O) groups is 2. The number of nitrogens with zero attached hydrogens (tertiary/aromatic N) is 1. The number of carbonyl (C=O) groups excluding carboxylic acids is 1. The monoisotopic (exact) mass is 248 g/mol. The number of urea groups is 1. The van der Waals surface area contributed by atoms with Gasteiger partial charge in [-0.3, -0.25) is 4.79 Å². The van der Waals surface area contributed by atoms with Gasteiger partial charge in [-0.25, -0.2) is 4.79 Å². The third kappa shape index (κ3) is 2.61. The number of amides is 2. The Hall–Kier alpha value is -2.04. The first-order chi connectivity index (χ1) is 8.58. The lowest BCUT2D eigenvalue weighted by Crippen LogP contribution is -2.48. The van der Waals surface area contributed by atoms with Crippen LogP contribution in [0.25, 0.3) is 0 Å². The van der Waals surface area contributed by atoms with E-state index in [1.807, 2.05) is 18.2 Å². The van der Waals surface area contributed by atoms with Crippen molar-refractivity contribution < 1.29 is 14.7 Å². The van der Waals surface area contributed by atoms with Gasteiger partial charge in [0.25, 0.3) is 0 Å². The van der Waals surface area contributed by atoms with Crippen molar-refractivity contribution in [1.82, 2.24) is 10.2 Å². The number of nitrogens with one attached hydrogen (secondary N) is 1. The van der Waals surface area contributed by atoms with E-state index in [1.54, 1.807) is 4.90 Å². The van der Waals surface area contributed by atoms with Crippen molar-refractivity contribution in [2.24, 2.45) is 0 Å². The fourth-order valence-electron chi connectivity index (χ4n) is 2.01. The van der Waals surface area contributed by atoms with Crippen molar-refractivity contribution in [1.29, 1.82) is 0 Å². The lowest BCUT2D eigenvalue weighted by atomic mass is 10.0. The second-order valence-corrected chi connectivity index (χ2v) is 4.45. The van der Waals surface area contributed by atoms with Gasteiger partial charge in [0, 0.05) is 13.1 Å². The van der Waals surface area contributed by atoms with Crippen molar-refractivity contribution in [2.45, 2.75) is 25.9 Å². The first kappa shape index (κ1) is 12.4. The predicted molar refractivity (Wildman–Crippen MR) is 66.2 cm³/mol. The molecule has 2 rings (SSSR count). The smallest absolute Gasteiger partial charge is 0.325 e. The minimum Gasteiger partial charge on any atom is -0.480 e. The Morgan fingerprint density at radius 2 is 2.00 bits per heavy atom. The Bertz CT molecular complexity index is 473. The molecule has 0 spiro atoms. The van der Waals surface area contributed by atoms with Crippen LogP contribution < -0.4 is 5.32 Å². The molecule has 1 aromatic carbocycles. The molecular formula is C13H16N2O3. The van der Waals surface area contributed by atoms with Gasteiger partial charge < -0.3 is 15.3 Å². The minimum atomic E-state index is -1.03. The zero-order valence-electron chi connectivity index (χ0n) is 10.2. The van der Waals surface area contributed by atoms with Crippen LogP contribution in [0.1, 0.15) is 18.1 Å². The number of carboxylic acids is 1. The van der Waals surface area contributed by atoms with Crippen LogP contribution in [0, 0.1) is 0 Å². The molecule has 2 amide bonds. The lowest BCUT2D eigenvalue weighted by Gasteiger charge is -2.29. The molecule has 0 aliphatic carbocycles. The Balaban J connectivity index is 2.00. The molecule has 5 heteroatoms. The van der Waals surface area contributed by atoms with Crippen molar-refractivity contribution in [3.8, 4) is 0 Å². The summed E-state index contributed by atoms with van der Waals surface area (Å²) in [6.07, 6.45) is 0.811. The normalized spacial score (nSPS) is 15.7. The van der Waals surface area contributed by atoms with Crippen molar-refractivity contribution >= 4 is 12.0 Å². The summed E-state index contributed by atoms with van der Waals surface area (Å²) in [4.78, 5) is 24.2. The maximum atomic E-state index is 11.9. The first-order valence-electron chi connectivity index (χ1n) is 5.93. The van der Waals surface area contributed by atoms with Crippen LogP contribution in [-0.2, 0) is 17.8 Å². The largest absolute Gasteiger partial charge is 0.480 e. The van der Waals surface area contributed by atoms with Crippen molar-refractivity contribution in [3.63, 3.8) is 0 Å². The summed E-state index contributed by atoms with van der Waals surface area (Å²) in [6.45, 7) is 2.61. The molecule has 1 atom stereocenters. The van der Waals surface area contributed by atoms with Crippen LogP contribution in [0.15, 0.2) is 24.3 Å². The third-order valence-electron chi connectivity index (χ3n) is 3.13. The van der Waals surface area contributed by atoms with Gasteiger partial charge in [-0.05, 0) is 24.5 Å². The zero-order chi connectivity index (χ0) is 13.1. The van der Waals surface area contributed by atoms with E-state index in [-0.39, 0.29) is 6.03 Å². The Labute approximate surface area is 105 Å². The standard InChI is InChI=1S/C13H16N2O3/c1-9(12(16)17)14-13(18)15-7-6-10-4-2-3-5-11(10)8-15/h2-5,9H,6-8H2,1H3,(H,14,18)(H,16,17)/t9-/m0/s1. The predicted octanol–water partition coefficient (Wildman–Crippen LogP) is 1.23. The molecule has 0 unspecified atom stereocenters. The lowest BCUT2D eigenvalue weighted by molar-refractivity contribution is -0.138. The second-order valence-electron chi connectivity index (χ2n) is 4.45. The van der Waals surface area contributed by atoms with E-state index in [1.165, 1.54) is 12.5 Å². The molecule has 1 aromatic rings. The number of hydrogen-bond donors (Lipinski definition) is 2. The summed E-state index contributed by atoms with van der Waals surface area (Å²) in [5.74, 6) is -1.03. The molecule has 2 N–H and O–H groups in total. The van der Waals surface area contributed by atoms with Gasteiger partial charge in [-0.15, -0.1) is 0 Å². The highest BCUT2D eigenvalue weighted by molar-refractivity contribution is 5.82. The summed E-state index contributed by atoms with van der Waals surface area (Å²) in [6, 6.07) is 6.80. The Kier molecular flexibility index (Phi) is 3.50. The topological polar surface area (TPSA) is 69.6 Å². The molecule has 0 saturated carbocycles. The Morgan fingerprint density at radius 3 is 2.67 bits per heavy atom. The van der Waals surface area contributed by atoms with Crippen LogP contribution in [0.3, 0.4) is 0 Å². The first-order valence-corrected chi connectivity index (χ1v) is 5.93. The zero-order valence-corrected chi connectivity index (χ0v) is 10.2. The fourth-order valence-corrected chi connectivity index (χ4v) is 2.01.